The molecule has 4 rings (SSSR count). The van der Waals surface area contributed by atoms with Gasteiger partial charge < -0.3 is 10.1 Å². The number of rotatable bonds is 8. The third kappa shape index (κ3) is 4.63. The van der Waals surface area contributed by atoms with Crippen LogP contribution in [0.5, 0.6) is 5.75 Å². The van der Waals surface area contributed by atoms with Crippen molar-refractivity contribution >= 4 is 28.1 Å². The maximum Gasteiger partial charge on any atom is 0.182 e. The van der Waals surface area contributed by atoms with Crippen LogP contribution in [0.2, 0.25) is 5.02 Å². The summed E-state index contributed by atoms with van der Waals surface area (Å²) in [5.74, 6) is 0.913. The number of methoxy groups -OCH3 is 1. The first-order valence-corrected chi connectivity index (χ1v) is 10.4. The summed E-state index contributed by atoms with van der Waals surface area (Å²) < 4.78 is 5.24. The van der Waals surface area contributed by atoms with Crippen LogP contribution in [0.1, 0.15) is 28.8 Å². The molecule has 0 unspecified atom stereocenters. The normalized spacial score (nSPS) is 14.7. The largest absolute Gasteiger partial charge is 0.497 e. The van der Waals surface area contributed by atoms with Gasteiger partial charge in [-0.1, -0.05) is 41.9 Å². The van der Waals surface area contributed by atoms with Crippen LogP contribution in [0.15, 0.2) is 54.7 Å². The minimum Gasteiger partial charge on any atom is -0.497 e. The fourth-order valence-electron chi connectivity index (χ4n) is 3.33. The van der Waals surface area contributed by atoms with Crippen molar-refractivity contribution in [3.05, 3.63) is 75.8 Å². The second-order valence-corrected chi connectivity index (χ2v) is 8.80. The Morgan fingerprint density at radius 3 is 2.63 bits per heavy atom. The van der Waals surface area contributed by atoms with E-state index in [1.165, 1.54) is 23.3 Å². The number of anilines is 1. The number of hydrogen-bond acceptors (Lipinski definition) is 4. The lowest BCUT2D eigenvalue weighted by atomic mass is 9.96. The Hall–Kier alpha value is -2.04. The van der Waals surface area contributed by atoms with Crippen LogP contribution >= 0.6 is 22.9 Å². The lowest BCUT2D eigenvalue weighted by Gasteiger charge is -2.16. The van der Waals surface area contributed by atoms with Crippen molar-refractivity contribution in [1.82, 2.24) is 4.98 Å². The van der Waals surface area contributed by atoms with Crippen LogP contribution < -0.4 is 10.1 Å². The number of nitrogens with zero attached hydrogens (tertiary/aromatic N) is 1. The zero-order valence-corrected chi connectivity index (χ0v) is 16.9. The lowest BCUT2D eigenvalue weighted by Crippen LogP contribution is -2.17. The van der Waals surface area contributed by atoms with Crippen molar-refractivity contribution in [2.75, 3.05) is 19.0 Å². The van der Waals surface area contributed by atoms with Crippen molar-refractivity contribution in [1.29, 1.82) is 0 Å². The third-order valence-electron chi connectivity index (χ3n) is 5.19. The van der Waals surface area contributed by atoms with Gasteiger partial charge in [-0.2, -0.15) is 0 Å². The summed E-state index contributed by atoms with van der Waals surface area (Å²) in [6.07, 6.45) is 6.42. The number of thiazole rings is 1. The van der Waals surface area contributed by atoms with E-state index in [2.05, 4.69) is 28.5 Å². The highest BCUT2D eigenvalue weighted by atomic mass is 35.5. The van der Waals surface area contributed by atoms with Crippen LogP contribution in [-0.4, -0.2) is 18.6 Å². The smallest absolute Gasteiger partial charge is 0.182 e. The molecule has 3 aromatic rings. The van der Waals surface area contributed by atoms with E-state index in [0.717, 1.165) is 40.9 Å². The van der Waals surface area contributed by atoms with E-state index in [0.29, 0.717) is 5.41 Å². The highest BCUT2D eigenvalue weighted by Gasteiger charge is 2.42. The van der Waals surface area contributed by atoms with Crippen LogP contribution in [0.3, 0.4) is 0 Å². The van der Waals surface area contributed by atoms with Crippen molar-refractivity contribution in [3.63, 3.8) is 0 Å². The van der Waals surface area contributed by atoms with Gasteiger partial charge in [0.15, 0.2) is 5.13 Å². The van der Waals surface area contributed by atoms with Crippen molar-refractivity contribution in [3.8, 4) is 5.75 Å². The molecule has 1 heterocycles. The molecule has 0 spiro atoms. The third-order valence-corrected chi connectivity index (χ3v) is 6.51. The van der Waals surface area contributed by atoms with E-state index in [9.17, 15) is 0 Å². The molecule has 1 saturated carbocycles. The van der Waals surface area contributed by atoms with Crippen LogP contribution in [0.25, 0.3) is 0 Å². The van der Waals surface area contributed by atoms with E-state index in [1.54, 1.807) is 18.4 Å². The Morgan fingerprint density at radius 1 is 1.15 bits per heavy atom. The van der Waals surface area contributed by atoms with E-state index in [-0.39, 0.29) is 0 Å². The predicted octanol–water partition coefficient (Wildman–Crippen LogP) is 5.83. The maximum atomic E-state index is 6.27. The van der Waals surface area contributed by atoms with E-state index >= 15 is 0 Å². The summed E-state index contributed by atoms with van der Waals surface area (Å²) in [6, 6.07) is 16.4. The standard InChI is InChI=1S/C22H23ClN2OS/c1-26-18-8-6-16(7-9-18)13-22(10-11-22)15-25-21-24-14-19(27-21)12-17-4-2-3-5-20(17)23/h2-9,14H,10-13,15H2,1H3,(H,24,25). The fraction of sp³-hybridized carbons (Fsp3) is 0.318. The molecule has 3 nitrogen and oxygen atoms in total. The molecule has 1 aromatic heterocycles. The highest BCUT2D eigenvalue weighted by Crippen LogP contribution is 2.48. The van der Waals surface area contributed by atoms with Crippen molar-refractivity contribution < 1.29 is 4.74 Å². The molecule has 1 N–H and O–H groups in total. The molecular weight excluding hydrogens is 376 g/mol. The van der Waals surface area contributed by atoms with Crippen LogP contribution in [0, 0.1) is 5.41 Å². The molecule has 0 bridgehead atoms. The molecule has 5 heteroatoms. The predicted molar refractivity (Wildman–Crippen MR) is 113 cm³/mol. The van der Waals surface area contributed by atoms with Gasteiger partial charge in [0.05, 0.1) is 7.11 Å². The van der Waals surface area contributed by atoms with Gasteiger partial charge >= 0.3 is 0 Å². The van der Waals surface area contributed by atoms with Gasteiger partial charge in [-0.25, -0.2) is 4.98 Å². The van der Waals surface area contributed by atoms with Gasteiger partial charge in [0.1, 0.15) is 5.75 Å². The summed E-state index contributed by atoms with van der Waals surface area (Å²) >= 11 is 7.99. The second-order valence-electron chi connectivity index (χ2n) is 7.28. The number of hydrogen-bond donors (Lipinski definition) is 1. The van der Waals surface area contributed by atoms with Crippen LogP contribution in [-0.2, 0) is 12.8 Å². The average molecular weight is 399 g/mol. The first kappa shape index (κ1) is 18.3. The first-order chi connectivity index (χ1) is 13.2. The Bertz CT molecular complexity index is 903. The summed E-state index contributed by atoms with van der Waals surface area (Å²) in [5.41, 5.74) is 2.88. The Morgan fingerprint density at radius 2 is 1.93 bits per heavy atom. The minimum atomic E-state index is 0.364. The molecule has 1 fully saturated rings. The Labute approximate surface area is 169 Å². The number of nitrogens with one attached hydrogen (secondary N) is 1. The molecule has 1 aliphatic rings. The van der Waals surface area contributed by atoms with Gasteiger partial charge in [0.25, 0.3) is 0 Å². The zero-order valence-electron chi connectivity index (χ0n) is 15.4. The lowest BCUT2D eigenvalue weighted by molar-refractivity contribution is 0.414. The SMILES string of the molecule is COc1ccc(CC2(CNc3ncc(Cc4ccccc4Cl)s3)CC2)cc1. The number of benzene rings is 2. The number of ether oxygens (including phenoxy) is 1. The van der Waals surface area contributed by atoms with Gasteiger partial charge in [0.2, 0.25) is 0 Å². The van der Waals surface area contributed by atoms with E-state index in [4.69, 9.17) is 16.3 Å². The molecule has 27 heavy (non-hydrogen) atoms. The number of aromatic nitrogens is 1. The average Bonchev–Trinajstić information content (AvgIpc) is 3.30. The highest BCUT2D eigenvalue weighted by molar-refractivity contribution is 7.15. The molecule has 2 aromatic carbocycles. The second kappa shape index (κ2) is 7.91. The van der Waals surface area contributed by atoms with Crippen molar-refractivity contribution in [2.24, 2.45) is 5.41 Å². The number of halogens is 1. The Balaban J connectivity index is 1.33. The molecule has 0 aliphatic heterocycles. The molecule has 0 saturated heterocycles. The topological polar surface area (TPSA) is 34.1 Å². The van der Waals surface area contributed by atoms with Crippen molar-refractivity contribution in [2.45, 2.75) is 25.7 Å². The zero-order chi connectivity index (χ0) is 18.7. The van der Waals surface area contributed by atoms with E-state index < -0.39 is 0 Å². The molecule has 1 aliphatic carbocycles. The molecule has 0 atom stereocenters. The maximum absolute atomic E-state index is 6.27. The van der Waals surface area contributed by atoms with Gasteiger partial charge in [-0.15, -0.1) is 11.3 Å². The van der Waals surface area contributed by atoms with Gasteiger partial charge in [-0.05, 0) is 54.0 Å². The summed E-state index contributed by atoms with van der Waals surface area (Å²) in [7, 11) is 1.70. The molecule has 0 amide bonds. The first-order valence-electron chi connectivity index (χ1n) is 9.21. The van der Waals surface area contributed by atoms with Crippen LogP contribution in [0.4, 0.5) is 5.13 Å². The molecule has 0 radical (unpaired) electrons. The molecule has 140 valence electrons. The summed E-state index contributed by atoms with van der Waals surface area (Å²) in [4.78, 5) is 5.78. The fourth-order valence-corrected chi connectivity index (χ4v) is 4.37. The Kier molecular flexibility index (Phi) is 5.37. The monoisotopic (exact) mass is 398 g/mol. The van der Waals surface area contributed by atoms with Gasteiger partial charge in [0, 0.05) is 29.1 Å². The molecular formula is C22H23ClN2OS. The van der Waals surface area contributed by atoms with Gasteiger partial charge in [-0.3, -0.25) is 0 Å². The quantitative estimate of drug-likeness (QED) is 0.518. The van der Waals surface area contributed by atoms with E-state index in [1.807, 2.05) is 36.5 Å². The summed E-state index contributed by atoms with van der Waals surface area (Å²) in [5, 5.41) is 5.38. The minimum absolute atomic E-state index is 0.364. The summed E-state index contributed by atoms with van der Waals surface area (Å²) in [6.45, 7) is 0.970.